The van der Waals surface area contributed by atoms with Gasteiger partial charge in [0.1, 0.15) is 0 Å². The Bertz CT molecular complexity index is 768. The molecule has 2 aromatic carbocycles. The van der Waals surface area contributed by atoms with Crippen molar-refractivity contribution in [2.45, 2.75) is 0 Å². The van der Waals surface area contributed by atoms with Gasteiger partial charge in [0.25, 0.3) is 5.91 Å². The van der Waals surface area contributed by atoms with Gasteiger partial charge in [0.2, 0.25) is 0 Å². The van der Waals surface area contributed by atoms with Crippen LogP contribution in [0.3, 0.4) is 0 Å². The van der Waals surface area contributed by atoms with Gasteiger partial charge in [-0.25, -0.2) is 0 Å². The molecular weight excluding hydrogens is 334 g/mol. The zero-order chi connectivity index (χ0) is 15.0. The van der Waals surface area contributed by atoms with Gasteiger partial charge in [-0.3, -0.25) is 4.79 Å². The van der Waals surface area contributed by atoms with Crippen molar-refractivity contribution in [2.24, 2.45) is 0 Å². The fourth-order valence-electron chi connectivity index (χ4n) is 2.25. The maximum absolute atomic E-state index is 12.1. The predicted molar refractivity (Wildman–Crippen MR) is 85.3 cm³/mol. The Labute approximate surface area is 130 Å². The first kappa shape index (κ1) is 13.7. The molecule has 3 rings (SSSR count). The first-order valence-electron chi connectivity index (χ1n) is 6.28. The average molecular weight is 346 g/mol. The monoisotopic (exact) mass is 345 g/mol. The minimum absolute atomic E-state index is 0.0682. The van der Waals surface area contributed by atoms with Crippen LogP contribution in [0.25, 0.3) is 11.6 Å². The van der Waals surface area contributed by atoms with E-state index in [2.05, 4.69) is 21.2 Å². The third-order valence-corrected chi connectivity index (χ3v) is 3.77. The average Bonchev–Trinajstić information content (AvgIpc) is 2.77. The molecule has 21 heavy (non-hydrogen) atoms. The summed E-state index contributed by atoms with van der Waals surface area (Å²) in [5.74, 6) is 0.297. The minimum Gasteiger partial charge on any atom is -0.504 e. The van der Waals surface area contributed by atoms with Crippen LogP contribution in [-0.2, 0) is 4.79 Å². The van der Waals surface area contributed by atoms with Gasteiger partial charge < -0.3 is 15.2 Å². The number of phenolic OH excluding ortho intramolecular Hbond substituents is 1. The van der Waals surface area contributed by atoms with E-state index < -0.39 is 0 Å². The van der Waals surface area contributed by atoms with Crippen molar-refractivity contribution < 1.29 is 14.6 Å². The molecule has 0 unspecified atom stereocenters. The molecular formula is C16H12BrNO3. The minimum atomic E-state index is -0.143. The number of aromatic hydroxyl groups is 1. The Balaban J connectivity index is 2.08. The number of methoxy groups -OCH3 is 1. The number of rotatable bonds is 2. The van der Waals surface area contributed by atoms with Gasteiger partial charge in [0.15, 0.2) is 11.5 Å². The molecule has 0 spiro atoms. The Hall–Kier alpha value is -2.27. The van der Waals surface area contributed by atoms with Crippen molar-refractivity contribution in [1.29, 1.82) is 0 Å². The molecule has 2 aromatic rings. The molecule has 0 saturated heterocycles. The van der Waals surface area contributed by atoms with Gasteiger partial charge in [-0.15, -0.1) is 0 Å². The standard InChI is InChI=1S/C16H12BrNO3/c1-21-15-7-9(2-5-14(15)19)6-12-11-8-10(17)3-4-13(11)18-16(12)20/h2-8,19H,1H3,(H,18,20)/b12-6+. The Kier molecular flexibility index (Phi) is 3.43. The first-order chi connectivity index (χ1) is 10.1. The number of halogens is 1. The summed E-state index contributed by atoms with van der Waals surface area (Å²) in [4.78, 5) is 12.1. The third-order valence-electron chi connectivity index (χ3n) is 3.28. The van der Waals surface area contributed by atoms with Gasteiger partial charge >= 0.3 is 0 Å². The summed E-state index contributed by atoms with van der Waals surface area (Å²) in [6.07, 6.45) is 1.77. The molecule has 0 atom stereocenters. The van der Waals surface area contributed by atoms with Crippen LogP contribution in [0.2, 0.25) is 0 Å². The highest BCUT2D eigenvalue weighted by atomic mass is 79.9. The van der Waals surface area contributed by atoms with Crippen LogP contribution in [0.15, 0.2) is 40.9 Å². The molecule has 1 aliphatic rings. The SMILES string of the molecule is COc1cc(/C=C2/C(=O)Nc3ccc(Br)cc32)ccc1O. The first-order valence-corrected chi connectivity index (χ1v) is 7.08. The van der Waals surface area contributed by atoms with E-state index in [4.69, 9.17) is 4.74 Å². The second kappa shape index (κ2) is 5.26. The number of carbonyl (C=O) groups excluding carboxylic acids is 1. The van der Waals surface area contributed by atoms with Crippen molar-refractivity contribution in [1.82, 2.24) is 0 Å². The Morgan fingerprint density at radius 2 is 2.05 bits per heavy atom. The highest BCUT2D eigenvalue weighted by Crippen LogP contribution is 2.36. The molecule has 2 N–H and O–H groups in total. The van der Waals surface area contributed by atoms with E-state index in [0.717, 1.165) is 21.3 Å². The highest BCUT2D eigenvalue weighted by Gasteiger charge is 2.24. The summed E-state index contributed by atoms with van der Waals surface area (Å²) >= 11 is 3.41. The molecule has 0 aromatic heterocycles. The van der Waals surface area contributed by atoms with Crippen LogP contribution in [-0.4, -0.2) is 18.1 Å². The van der Waals surface area contributed by atoms with E-state index >= 15 is 0 Å². The van der Waals surface area contributed by atoms with Gasteiger partial charge in [-0.05, 0) is 42.0 Å². The molecule has 5 heteroatoms. The quantitative estimate of drug-likeness (QED) is 0.816. The van der Waals surface area contributed by atoms with E-state index in [1.165, 1.54) is 7.11 Å². The van der Waals surface area contributed by atoms with Crippen LogP contribution >= 0.6 is 15.9 Å². The molecule has 106 valence electrons. The maximum Gasteiger partial charge on any atom is 0.256 e. The number of amides is 1. The largest absolute Gasteiger partial charge is 0.504 e. The molecule has 4 nitrogen and oxygen atoms in total. The molecule has 0 radical (unpaired) electrons. The number of ether oxygens (including phenoxy) is 1. The lowest BCUT2D eigenvalue weighted by Crippen LogP contribution is -2.03. The number of hydrogen-bond acceptors (Lipinski definition) is 3. The van der Waals surface area contributed by atoms with Crippen molar-refractivity contribution in [2.75, 3.05) is 12.4 Å². The summed E-state index contributed by atoms with van der Waals surface area (Å²) < 4.78 is 5.99. The van der Waals surface area contributed by atoms with Crippen molar-refractivity contribution in [3.05, 3.63) is 52.0 Å². The highest BCUT2D eigenvalue weighted by molar-refractivity contribution is 9.10. The number of nitrogens with one attached hydrogen (secondary N) is 1. The molecule has 0 aliphatic carbocycles. The second-order valence-corrected chi connectivity index (χ2v) is 5.55. The number of carbonyl (C=O) groups is 1. The molecule has 1 amide bonds. The lowest BCUT2D eigenvalue weighted by atomic mass is 10.0. The van der Waals surface area contributed by atoms with Crippen LogP contribution in [0.5, 0.6) is 11.5 Å². The van der Waals surface area contributed by atoms with Gasteiger partial charge in [0.05, 0.1) is 7.11 Å². The second-order valence-electron chi connectivity index (χ2n) is 4.63. The summed E-state index contributed by atoms with van der Waals surface area (Å²) in [5.41, 5.74) is 3.00. The zero-order valence-corrected chi connectivity index (χ0v) is 12.8. The summed E-state index contributed by atoms with van der Waals surface area (Å²) in [7, 11) is 1.49. The van der Waals surface area contributed by atoms with E-state index in [1.807, 2.05) is 18.2 Å². The summed E-state index contributed by atoms with van der Waals surface area (Å²) in [6, 6.07) is 10.6. The maximum atomic E-state index is 12.1. The van der Waals surface area contributed by atoms with Crippen LogP contribution < -0.4 is 10.1 Å². The number of anilines is 1. The lowest BCUT2D eigenvalue weighted by molar-refractivity contribution is -0.110. The lowest BCUT2D eigenvalue weighted by Gasteiger charge is -2.04. The van der Waals surface area contributed by atoms with Crippen molar-refractivity contribution >= 4 is 39.2 Å². The summed E-state index contributed by atoms with van der Waals surface area (Å²) in [6.45, 7) is 0. The van der Waals surface area contributed by atoms with E-state index in [1.54, 1.807) is 24.3 Å². The molecule has 0 bridgehead atoms. The number of fused-ring (bicyclic) bond motifs is 1. The molecule has 1 aliphatic heterocycles. The van der Waals surface area contributed by atoms with E-state index in [0.29, 0.717) is 11.3 Å². The van der Waals surface area contributed by atoms with Crippen molar-refractivity contribution in [3.63, 3.8) is 0 Å². The smallest absolute Gasteiger partial charge is 0.256 e. The fraction of sp³-hybridized carbons (Fsp3) is 0.0625. The van der Waals surface area contributed by atoms with E-state index in [-0.39, 0.29) is 11.7 Å². The molecule has 0 saturated carbocycles. The number of benzene rings is 2. The topological polar surface area (TPSA) is 58.6 Å². The van der Waals surface area contributed by atoms with Gasteiger partial charge in [-0.1, -0.05) is 22.0 Å². The Morgan fingerprint density at radius 3 is 2.81 bits per heavy atom. The van der Waals surface area contributed by atoms with Crippen molar-refractivity contribution in [3.8, 4) is 11.5 Å². The van der Waals surface area contributed by atoms with Crippen LogP contribution in [0.1, 0.15) is 11.1 Å². The van der Waals surface area contributed by atoms with Crippen LogP contribution in [0, 0.1) is 0 Å². The zero-order valence-electron chi connectivity index (χ0n) is 11.2. The summed E-state index contributed by atoms with van der Waals surface area (Å²) in [5, 5.41) is 12.4. The van der Waals surface area contributed by atoms with Crippen LogP contribution in [0.4, 0.5) is 5.69 Å². The number of phenols is 1. The number of hydrogen-bond donors (Lipinski definition) is 2. The molecule has 0 fully saturated rings. The van der Waals surface area contributed by atoms with Gasteiger partial charge in [-0.2, -0.15) is 0 Å². The normalized spacial score (nSPS) is 15.0. The predicted octanol–water partition coefficient (Wildman–Crippen LogP) is 3.66. The van der Waals surface area contributed by atoms with E-state index in [9.17, 15) is 9.90 Å². The molecule has 1 heterocycles. The third kappa shape index (κ3) is 2.52. The fourth-order valence-corrected chi connectivity index (χ4v) is 2.62. The van der Waals surface area contributed by atoms with Gasteiger partial charge in [0, 0.05) is 21.3 Å². The Morgan fingerprint density at radius 1 is 1.24 bits per heavy atom.